The van der Waals surface area contributed by atoms with E-state index in [0.29, 0.717) is 10.7 Å². The summed E-state index contributed by atoms with van der Waals surface area (Å²) in [6.07, 6.45) is 3.91. The Morgan fingerprint density at radius 2 is 2.14 bits per heavy atom. The van der Waals surface area contributed by atoms with Gasteiger partial charge < -0.3 is 5.11 Å². The number of hydrogen-bond acceptors (Lipinski definition) is 2. The van der Waals surface area contributed by atoms with Gasteiger partial charge in [0, 0.05) is 4.75 Å². The van der Waals surface area contributed by atoms with E-state index in [1.54, 1.807) is 0 Å². The van der Waals surface area contributed by atoms with Crippen molar-refractivity contribution in [3.63, 3.8) is 0 Å². The number of hydrogen-bond donors (Lipinski definition) is 1. The first-order chi connectivity index (χ1) is 6.46. The van der Waals surface area contributed by atoms with Gasteiger partial charge in [0.15, 0.2) is 0 Å². The van der Waals surface area contributed by atoms with Crippen LogP contribution < -0.4 is 0 Å². The molecule has 0 aromatic heterocycles. The van der Waals surface area contributed by atoms with E-state index in [-0.39, 0.29) is 5.41 Å². The first-order valence-electron chi connectivity index (χ1n) is 5.34. The molecular weight excluding hydrogens is 196 g/mol. The summed E-state index contributed by atoms with van der Waals surface area (Å²) in [5.41, 5.74) is -0.327. The molecule has 1 saturated carbocycles. The highest BCUT2D eigenvalue weighted by Crippen LogP contribution is 2.56. The van der Waals surface area contributed by atoms with E-state index in [1.165, 1.54) is 12.2 Å². The molecule has 1 heterocycles. The SMILES string of the molecule is CC1(C)SCCC1CC1(C(=O)O)CC1. The monoisotopic (exact) mass is 214 g/mol. The van der Waals surface area contributed by atoms with Crippen LogP contribution in [-0.4, -0.2) is 21.6 Å². The Bertz CT molecular complexity index is 256. The van der Waals surface area contributed by atoms with E-state index in [1.807, 2.05) is 11.8 Å². The molecule has 1 N–H and O–H groups in total. The summed E-state index contributed by atoms with van der Waals surface area (Å²) in [6, 6.07) is 0. The highest BCUT2D eigenvalue weighted by atomic mass is 32.2. The van der Waals surface area contributed by atoms with Crippen molar-refractivity contribution in [1.29, 1.82) is 0 Å². The van der Waals surface area contributed by atoms with Gasteiger partial charge in [-0.3, -0.25) is 4.79 Å². The molecule has 0 amide bonds. The van der Waals surface area contributed by atoms with Crippen molar-refractivity contribution < 1.29 is 9.90 Å². The smallest absolute Gasteiger partial charge is 0.309 e. The van der Waals surface area contributed by atoms with E-state index in [0.717, 1.165) is 19.3 Å². The maximum atomic E-state index is 11.1. The molecule has 2 aliphatic rings. The van der Waals surface area contributed by atoms with Crippen molar-refractivity contribution >= 4 is 17.7 Å². The largest absolute Gasteiger partial charge is 0.481 e. The third-order valence-corrected chi connectivity index (χ3v) is 5.39. The minimum atomic E-state index is -0.565. The first-order valence-corrected chi connectivity index (χ1v) is 6.32. The van der Waals surface area contributed by atoms with Crippen LogP contribution in [0.5, 0.6) is 0 Å². The van der Waals surface area contributed by atoms with Gasteiger partial charge in [0.25, 0.3) is 0 Å². The van der Waals surface area contributed by atoms with Crippen LogP contribution in [0.2, 0.25) is 0 Å². The molecule has 80 valence electrons. The van der Waals surface area contributed by atoms with Gasteiger partial charge in [0.1, 0.15) is 0 Å². The van der Waals surface area contributed by atoms with Crippen molar-refractivity contribution in [3.05, 3.63) is 0 Å². The standard InChI is InChI=1S/C11H18O2S/c1-10(2)8(3-6-14-10)7-11(4-5-11)9(12)13/h8H,3-7H2,1-2H3,(H,12,13). The second-order valence-corrected chi connectivity index (χ2v) is 6.98. The summed E-state index contributed by atoms with van der Waals surface area (Å²) in [7, 11) is 0. The summed E-state index contributed by atoms with van der Waals surface area (Å²) in [5.74, 6) is 1.24. The van der Waals surface area contributed by atoms with Gasteiger partial charge in [-0.25, -0.2) is 0 Å². The molecule has 2 fully saturated rings. The second kappa shape index (κ2) is 3.16. The van der Waals surface area contributed by atoms with Crippen LogP contribution in [0.1, 0.15) is 39.5 Å². The van der Waals surface area contributed by atoms with Crippen LogP contribution in [0.4, 0.5) is 0 Å². The molecular formula is C11H18O2S. The maximum absolute atomic E-state index is 11.1. The van der Waals surface area contributed by atoms with Crippen LogP contribution in [0.3, 0.4) is 0 Å². The highest BCUT2D eigenvalue weighted by molar-refractivity contribution is 8.00. The lowest BCUT2D eigenvalue weighted by atomic mass is 9.82. The summed E-state index contributed by atoms with van der Waals surface area (Å²) in [4.78, 5) is 11.1. The number of carboxylic acid groups (broad SMARTS) is 1. The number of carbonyl (C=O) groups is 1. The topological polar surface area (TPSA) is 37.3 Å². The molecule has 14 heavy (non-hydrogen) atoms. The minimum Gasteiger partial charge on any atom is -0.481 e. The Kier molecular flexibility index (Phi) is 2.33. The fourth-order valence-corrected chi connectivity index (χ4v) is 3.77. The van der Waals surface area contributed by atoms with Crippen LogP contribution in [0.25, 0.3) is 0 Å². The van der Waals surface area contributed by atoms with E-state index in [4.69, 9.17) is 5.11 Å². The Morgan fingerprint density at radius 1 is 1.50 bits per heavy atom. The molecule has 0 spiro atoms. The highest BCUT2D eigenvalue weighted by Gasteiger charge is 2.53. The number of thioether (sulfide) groups is 1. The zero-order chi connectivity index (χ0) is 10.4. The molecule has 1 unspecified atom stereocenters. The molecule has 0 aromatic rings. The van der Waals surface area contributed by atoms with Gasteiger partial charge in [-0.2, -0.15) is 11.8 Å². The lowest BCUT2D eigenvalue weighted by molar-refractivity contribution is -0.144. The van der Waals surface area contributed by atoms with E-state index in [9.17, 15) is 4.79 Å². The average molecular weight is 214 g/mol. The van der Waals surface area contributed by atoms with Crippen LogP contribution in [0.15, 0.2) is 0 Å². The summed E-state index contributed by atoms with van der Waals surface area (Å²) >= 11 is 1.99. The average Bonchev–Trinajstić information content (AvgIpc) is 2.76. The lowest BCUT2D eigenvalue weighted by Crippen LogP contribution is -2.28. The normalized spacial score (nSPS) is 32.9. The van der Waals surface area contributed by atoms with Crippen LogP contribution in [0, 0.1) is 11.3 Å². The fourth-order valence-electron chi connectivity index (χ4n) is 2.41. The molecule has 1 aliphatic heterocycles. The summed E-state index contributed by atoms with van der Waals surface area (Å²) in [6.45, 7) is 4.51. The van der Waals surface area contributed by atoms with Gasteiger partial charge in [-0.15, -0.1) is 0 Å². The molecule has 2 nitrogen and oxygen atoms in total. The Hall–Kier alpha value is -0.180. The van der Waals surface area contributed by atoms with E-state index < -0.39 is 5.97 Å². The summed E-state index contributed by atoms with van der Waals surface area (Å²) in [5, 5.41) is 9.13. The van der Waals surface area contributed by atoms with Crippen molar-refractivity contribution in [2.75, 3.05) is 5.75 Å². The Labute approximate surface area is 89.5 Å². The zero-order valence-corrected chi connectivity index (χ0v) is 9.69. The van der Waals surface area contributed by atoms with Gasteiger partial charge in [0.05, 0.1) is 5.41 Å². The van der Waals surface area contributed by atoms with Gasteiger partial charge >= 0.3 is 5.97 Å². The fraction of sp³-hybridized carbons (Fsp3) is 0.909. The predicted molar refractivity (Wildman–Crippen MR) is 58.6 cm³/mol. The molecule has 2 rings (SSSR count). The van der Waals surface area contributed by atoms with Crippen molar-refractivity contribution in [2.24, 2.45) is 11.3 Å². The lowest BCUT2D eigenvalue weighted by Gasteiger charge is -2.28. The Balaban J connectivity index is 2.01. The first kappa shape index (κ1) is 10.3. The quantitative estimate of drug-likeness (QED) is 0.785. The Morgan fingerprint density at radius 3 is 2.50 bits per heavy atom. The molecule has 0 radical (unpaired) electrons. The minimum absolute atomic E-state index is 0.297. The molecule has 0 bridgehead atoms. The summed E-state index contributed by atoms with van der Waals surface area (Å²) < 4.78 is 0.297. The molecule has 1 saturated heterocycles. The molecule has 1 aliphatic carbocycles. The van der Waals surface area contributed by atoms with Crippen molar-refractivity contribution in [3.8, 4) is 0 Å². The van der Waals surface area contributed by atoms with E-state index in [2.05, 4.69) is 13.8 Å². The number of aliphatic carboxylic acids is 1. The molecule has 3 heteroatoms. The van der Waals surface area contributed by atoms with Crippen molar-refractivity contribution in [2.45, 2.75) is 44.3 Å². The zero-order valence-electron chi connectivity index (χ0n) is 8.88. The second-order valence-electron chi connectivity index (χ2n) is 5.23. The predicted octanol–water partition coefficient (Wildman–Crippen LogP) is 2.77. The van der Waals surface area contributed by atoms with E-state index >= 15 is 0 Å². The molecule has 0 aromatic carbocycles. The maximum Gasteiger partial charge on any atom is 0.309 e. The van der Waals surface area contributed by atoms with Crippen molar-refractivity contribution in [1.82, 2.24) is 0 Å². The van der Waals surface area contributed by atoms with Crippen LogP contribution in [-0.2, 0) is 4.79 Å². The number of carboxylic acids is 1. The van der Waals surface area contributed by atoms with Gasteiger partial charge in [-0.1, -0.05) is 13.8 Å². The van der Waals surface area contributed by atoms with Crippen LogP contribution >= 0.6 is 11.8 Å². The molecule has 1 atom stereocenters. The number of rotatable bonds is 3. The third kappa shape index (κ3) is 1.67. The van der Waals surface area contributed by atoms with Gasteiger partial charge in [-0.05, 0) is 37.4 Å². The third-order valence-electron chi connectivity index (χ3n) is 3.87. The van der Waals surface area contributed by atoms with Gasteiger partial charge in [0.2, 0.25) is 0 Å².